The molecule has 6 heteroatoms. The minimum Gasteiger partial charge on any atom is -0.360 e. The van der Waals surface area contributed by atoms with Crippen LogP contribution in [0.15, 0.2) is 42.9 Å². The average Bonchev–Trinajstić information content (AvgIpc) is 2.82. The predicted molar refractivity (Wildman–Crippen MR) is 73.3 cm³/mol. The van der Waals surface area contributed by atoms with E-state index in [0.29, 0.717) is 11.4 Å². The fraction of sp³-hybridized carbons (Fsp3) is 0. The molecule has 2 aromatic heterocycles. The number of hydrogen-bond donors (Lipinski definition) is 2. The van der Waals surface area contributed by atoms with Gasteiger partial charge in [0.1, 0.15) is 5.15 Å². The van der Waals surface area contributed by atoms with Crippen molar-refractivity contribution in [1.82, 2.24) is 15.0 Å². The van der Waals surface area contributed by atoms with E-state index in [1.807, 2.05) is 24.3 Å². The van der Waals surface area contributed by atoms with Crippen molar-refractivity contribution in [2.24, 2.45) is 0 Å². The second kappa shape index (κ2) is 4.70. The van der Waals surface area contributed by atoms with Gasteiger partial charge in [-0.05, 0) is 6.07 Å². The van der Waals surface area contributed by atoms with Crippen LogP contribution >= 0.6 is 11.6 Å². The molecule has 0 aliphatic carbocycles. The molecule has 1 amide bonds. The topological polar surface area (TPSA) is 70.7 Å². The second-order valence-corrected chi connectivity index (χ2v) is 4.32. The number of fused-ring (bicyclic) bond motifs is 1. The normalized spacial score (nSPS) is 10.6. The van der Waals surface area contributed by atoms with Crippen molar-refractivity contribution in [3.05, 3.63) is 53.6 Å². The predicted octanol–water partition coefficient (Wildman–Crippen LogP) is 2.86. The van der Waals surface area contributed by atoms with Crippen LogP contribution in [0, 0.1) is 0 Å². The molecule has 19 heavy (non-hydrogen) atoms. The molecule has 0 bridgehead atoms. The Kier molecular flexibility index (Phi) is 2.89. The van der Waals surface area contributed by atoms with Crippen LogP contribution in [0.25, 0.3) is 10.9 Å². The molecular weight excluding hydrogens is 264 g/mol. The van der Waals surface area contributed by atoms with Gasteiger partial charge in [-0.3, -0.25) is 9.78 Å². The van der Waals surface area contributed by atoms with Crippen molar-refractivity contribution >= 4 is 34.2 Å². The number of hydrogen-bond acceptors (Lipinski definition) is 3. The number of para-hydroxylation sites is 1. The van der Waals surface area contributed by atoms with E-state index in [1.165, 1.54) is 12.4 Å². The molecule has 0 atom stereocenters. The minimum atomic E-state index is -0.256. The third-order valence-electron chi connectivity index (χ3n) is 2.68. The molecule has 3 rings (SSSR count). The zero-order valence-corrected chi connectivity index (χ0v) is 10.5. The van der Waals surface area contributed by atoms with Crippen molar-refractivity contribution in [2.75, 3.05) is 5.32 Å². The van der Waals surface area contributed by atoms with Crippen LogP contribution in [0.3, 0.4) is 0 Å². The molecule has 94 valence electrons. The van der Waals surface area contributed by atoms with Crippen LogP contribution < -0.4 is 5.32 Å². The zero-order chi connectivity index (χ0) is 13.2. The molecule has 0 aliphatic rings. The van der Waals surface area contributed by atoms with Crippen LogP contribution in [0.4, 0.5) is 5.82 Å². The van der Waals surface area contributed by atoms with Gasteiger partial charge in [0.05, 0.1) is 18.0 Å². The Morgan fingerprint density at radius 3 is 2.95 bits per heavy atom. The Morgan fingerprint density at radius 2 is 2.11 bits per heavy atom. The summed E-state index contributed by atoms with van der Waals surface area (Å²) in [4.78, 5) is 23.0. The first-order valence-corrected chi connectivity index (χ1v) is 5.97. The fourth-order valence-electron chi connectivity index (χ4n) is 1.85. The molecule has 0 radical (unpaired) electrons. The number of aromatic amines is 1. The Balaban J connectivity index is 1.92. The molecular formula is C13H9ClN4O. The van der Waals surface area contributed by atoms with E-state index < -0.39 is 0 Å². The average molecular weight is 273 g/mol. The lowest BCUT2D eigenvalue weighted by Crippen LogP contribution is -2.12. The third kappa shape index (κ3) is 2.28. The highest BCUT2D eigenvalue weighted by atomic mass is 35.5. The van der Waals surface area contributed by atoms with Crippen molar-refractivity contribution in [1.29, 1.82) is 0 Å². The van der Waals surface area contributed by atoms with Gasteiger partial charge in [-0.15, -0.1) is 0 Å². The van der Waals surface area contributed by atoms with Gasteiger partial charge in [-0.2, -0.15) is 0 Å². The Bertz CT molecular complexity index is 753. The largest absolute Gasteiger partial charge is 0.360 e. The van der Waals surface area contributed by atoms with Crippen molar-refractivity contribution in [3.63, 3.8) is 0 Å². The highest BCUT2D eigenvalue weighted by Crippen LogP contribution is 2.18. The monoisotopic (exact) mass is 272 g/mol. The summed E-state index contributed by atoms with van der Waals surface area (Å²) in [5.74, 6) is 0.0665. The van der Waals surface area contributed by atoms with Gasteiger partial charge in [-0.25, -0.2) is 4.98 Å². The van der Waals surface area contributed by atoms with Crippen molar-refractivity contribution in [2.45, 2.75) is 0 Å². The van der Waals surface area contributed by atoms with E-state index in [2.05, 4.69) is 20.3 Å². The number of halogens is 1. The second-order valence-electron chi connectivity index (χ2n) is 3.93. The quantitative estimate of drug-likeness (QED) is 0.753. The first-order chi connectivity index (χ1) is 9.24. The number of nitrogens with zero attached hydrogens (tertiary/aromatic N) is 2. The molecule has 5 nitrogen and oxygen atoms in total. The molecule has 2 N–H and O–H groups in total. The van der Waals surface area contributed by atoms with Crippen LogP contribution in [-0.4, -0.2) is 20.9 Å². The van der Waals surface area contributed by atoms with Crippen LogP contribution in [-0.2, 0) is 0 Å². The van der Waals surface area contributed by atoms with Gasteiger partial charge < -0.3 is 10.3 Å². The number of rotatable bonds is 2. The summed E-state index contributed by atoms with van der Waals surface area (Å²) < 4.78 is 0. The van der Waals surface area contributed by atoms with E-state index in [1.54, 1.807) is 6.20 Å². The fourth-order valence-corrected chi connectivity index (χ4v) is 1.99. The SMILES string of the molecule is O=C(Nc1cncc(Cl)n1)c1c[nH]c2ccccc12. The van der Waals surface area contributed by atoms with Gasteiger partial charge in [0.2, 0.25) is 0 Å². The van der Waals surface area contributed by atoms with Crippen LogP contribution in [0.1, 0.15) is 10.4 Å². The minimum absolute atomic E-state index is 0.233. The number of anilines is 1. The lowest BCUT2D eigenvalue weighted by molar-refractivity contribution is 0.102. The number of benzene rings is 1. The summed E-state index contributed by atoms with van der Waals surface area (Å²) >= 11 is 5.72. The Hall–Kier alpha value is -2.40. The lowest BCUT2D eigenvalue weighted by atomic mass is 10.1. The summed E-state index contributed by atoms with van der Waals surface area (Å²) in [7, 11) is 0. The maximum absolute atomic E-state index is 12.2. The van der Waals surface area contributed by atoms with Crippen LogP contribution in [0.5, 0.6) is 0 Å². The third-order valence-corrected chi connectivity index (χ3v) is 2.86. The summed E-state index contributed by atoms with van der Waals surface area (Å²) in [6, 6.07) is 7.57. The van der Waals surface area contributed by atoms with Crippen molar-refractivity contribution in [3.8, 4) is 0 Å². The van der Waals surface area contributed by atoms with Gasteiger partial charge in [0, 0.05) is 17.1 Å². The van der Waals surface area contributed by atoms with E-state index in [-0.39, 0.29) is 11.1 Å². The number of carbonyl (C=O) groups is 1. The lowest BCUT2D eigenvalue weighted by Gasteiger charge is -2.02. The highest BCUT2D eigenvalue weighted by Gasteiger charge is 2.12. The van der Waals surface area contributed by atoms with Gasteiger partial charge in [0.15, 0.2) is 5.82 Å². The van der Waals surface area contributed by atoms with E-state index in [4.69, 9.17) is 11.6 Å². The smallest absolute Gasteiger partial charge is 0.259 e. The first kappa shape index (κ1) is 11.7. The molecule has 0 aliphatic heterocycles. The maximum atomic E-state index is 12.2. The number of nitrogens with one attached hydrogen (secondary N) is 2. The van der Waals surface area contributed by atoms with Gasteiger partial charge in [-0.1, -0.05) is 29.8 Å². The molecule has 2 heterocycles. The summed E-state index contributed by atoms with van der Waals surface area (Å²) in [6.45, 7) is 0. The molecule has 1 aromatic carbocycles. The summed E-state index contributed by atoms with van der Waals surface area (Å²) in [5, 5.41) is 3.75. The van der Waals surface area contributed by atoms with Crippen molar-refractivity contribution < 1.29 is 4.79 Å². The van der Waals surface area contributed by atoms with E-state index >= 15 is 0 Å². The molecule has 0 saturated carbocycles. The van der Waals surface area contributed by atoms with Gasteiger partial charge in [0.25, 0.3) is 5.91 Å². The number of aromatic nitrogens is 3. The molecule has 0 saturated heterocycles. The summed E-state index contributed by atoms with van der Waals surface area (Å²) in [5.41, 5.74) is 1.46. The van der Waals surface area contributed by atoms with Gasteiger partial charge >= 0.3 is 0 Å². The standard InChI is InChI=1S/C13H9ClN4O/c14-11-6-15-7-12(17-11)18-13(19)9-5-16-10-4-2-1-3-8(9)10/h1-7,16H,(H,17,18,19). The Labute approximate surface area is 113 Å². The molecule has 0 spiro atoms. The molecule has 3 aromatic rings. The zero-order valence-electron chi connectivity index (χ0n) is 9.72. The molecule has 0 fully saturated rings. The molecule has 0 unspecified atom stereocenters. The number of amides is 1. The highest BCUT2D eigenvalue weighted by molar-refractivity contribution is 6.29. The van der Waals surface area contributed by atoms with Crippen LogP contribution in [0.2, 0.25) is 5.15 Å². The Morgan fingerprint density at radius 1 is 1.26 bits per heavy atom. The van der Waals surface area contributed by atoms with E-state index in [0.717, 1.165) is 10.9 Å². The number of H-pyrrole nitrogens is 1. The maximum Gasteiger partial charge on any atom is 0.259 e. The first-order valence-electron chi connectivity index (χ1n) is 5.59. The summed E-state index contributed by atoms with van der Waals surface area (Å²) in [6.07, 6.45) is 4.51. The van der Waals surface area contributed by atoms with E-state index in [9.17, 15) is 4.79 Å². The number of carbonyl (C=O) groups excluding carboxylic acids is 1.